The first-order valence-corrected chi connectivity index (χ1v) is 8.93. The van der Waals surface area contributed by atoms with E-state index in [9.17, 15) is 0 Å². The minimum atomic E-state index is 0.431. The van der Waals surface area contributed by atoms with E-state index in [1.54, 1.807) is 11.8 Å². The molecule has 26 heavy (non-hydrogen) atoms. The van der Waals surface area contributed by atoms with Gasteiger partial charge in [0.2, 0.25) is 0 Å². The molecule has 0 aliphatic rings. The Labute approximate surface area is 154 Å². The van der Waals surface area contributed by atoms with Gasteiger partial charge in [0.05, 0.1) is 12.8 Å². The maximum absolute atomic E-state index is 6.32. The highest BCUT2D eigenvalue weighted by Crippen LogP contribution is 2.33. The quantitative estimate of drug-likeness (QED) is 0.594. The largest absolute Gasteiger partial charge is 0.494 e. The molecule has 0 radical (unpaired) electrons. The van der Waals surface area contributed by atoms with Crippen LogP contribution >= 0.6 is 11.3 Å². The SMILES string of the molecule is COc1ccccc1-n1nnc(-c2nc(-c3ccccc3C)cs2)c1N. The first-order chi connectivity index (χ1) is 12.7. The van der Waals surface area contributed by atoms with Crippen molar-refractivity contribution in [2.75, 3.05) is 12.8 Å². The second-order valence-corrected chi connectivity index (χ2v) is 6.62. The number of hydrogen-bond acceptors (Lipinski definition) is 6. The fourth-order valence-corrected chi connectivity index (χ4v) is 3.60. The normalized spacial score (nSPS) is 10.8. The lowest BCUT2D eigenvalue weighted by Crippen LogP contribution is -2.04. The van der Waals surface area contributed by atoms with Crippen LogP contribution in [0.25, 0.3) is 27.6 Å². The number of hydrogen-bond donors (Lipinski definition) is 1. The number of benzene rings is 2. The predicted molar refractivity (Wildman–Crippen MR) is 104 cm³/mol. The highest BCUT2D eigenvalue weighted by molar-refractivity contribution is 7.13. The molecular weight excluding hydrogens is 346 g/mol. The molecule has 2 aromatic heterocycles. The third kappa shape index (κ3) is 2.72. The van der Waals surface area contributed by atoms with Crippen molar-refractivity contribution in [2.24, 2.45) is 0 Å². The number of anilines is 1. The molecular formula is C19H17N5OS. The number of nitrogens with zero attached hydrogens (tertiary/aromatic N) is 4. The number of para-hydroxylation sites is 2. The molecule has 0 fully saturated rings. The van der Waals surface area contributed by atoms with Gasteiger partial charge in [-0.25, -0.2) is 4.98 Å². The van der Waals surface area contributed by atoms with Crippen LogP contribution in [0.4, 0.5) is 5.82 Å². The maximum atomic E-state index is 6.32. The van der Waals surface area contributed by atoms with Gasteiger partial charge in [-0.1, -0.05) is 41.6 Å². The van der Waals surface area contributed by atoms with E-state index in [1.807, 2.05) is 41.8 Å². The van der Waals surface area contributed by atoms with Gasteiger partial charge in [0.1, 0.15) is 16.4 Å². The van der Waals surface area contributed by atoms with E-state index in [4.69, 9.17) is 15.5 Å². The Morgan fingerprint density at radius 2 is 1.85 bits per heavy atom. The van der Waals surface area contributed by atoms with Gasteiger partial charge in [0.25, 0.3) is 0 Å². The molecule has 4 rings (SSSR count). The van der Waals surface area contributed by atoms with Crippen molar-refractivity contribution >= 4 is 17.2 Å². The monoisotopic (exact) mass is 363 g/mol. The molecule has 6 nitrogen and oxygen atoms in total. The predicted octanol–water partition coefficient (Wildman–Crippen LogP) is 3.96. The summed E-state index contributed by atoms with van der Waals surface area (Å²) in [5, 5.41) is 11.2. The Hall–Kier alpha value is -3.19. The second kappa shape index (κ2) is 6.61. The van der Waals surface area contributed by atoms with Crippen LogP contribution in [-0.4, -0.2) is 27.1 Å². The third-order valence-corrected chi connectivity index (χ3v) is 5.00. The van der Waals surface area contributed by atoms with Gasteiger partial charge in [-0.2, -0.15) is 4.68 Å². The highest BCUT2D eigenvalue weighted by atomic mass is 32.1. The fourth-order valence-electron chi connectivity index (χ4n) is 2.79. The number of nitrogen functional groups attached to an aromatic ring is 1. The van der Waals surface area contributed by atoms with Crippen LogP contribution in [0.3, 0.4) is 0 Å². The molecule has 2 heterocycles. The highest BCUT2D eigenvalue weighted by Gasteiger charge is 2.18. The number of aromatic nitrogens is 4. The third-order valence-electron chi connectivity index (χ3n) is 4.15. The minimum absolute atomic E-state index is 0.431. The van der Waals surface area contributed by atoms with Crippen LogP contribution in [0.1, 0.15) is 5.56 Å². The minimum Gasteiger partial charge on any atom is -0.494 e. The smallest absolute Gasteiger partial charge is 0.165 e. The summed E-state index contributed by atoms with van der Waals surface area (Å²) in [6, 6.07) is 15.7. The zero-order chi connectivity index (χ0) is 18.1. The Morgan fingerprint density at radius 3 is 2.65 bits per heavy atom. The van der Waals surface area contributed by atoms with E-state index in [0.717, 1.165) is 22.0 Å². The fraction of sp³-hybridized carbons (Fsp3) is 0.105. The Kier molecular flexibility index (Phi) is 4.14. The van der Waals surface area contributed by atoms with Gasteiger partial charge in [-0.05, 0) is 24.6 Å². The van der Waals surface area contributed by atoms with Crippen LogP contribution < -0.4 is 10.5 Å². The molecule has 7 heteroatoms. The molecule has 0 atom stereocenters. The van der Waals surface area contributed by atoms with E-state index >= 15 is 0 Å². The summed E-state index contributed by atoms with van der Waals surface area (Å²) in [7, 11) is 1.61. The Balaban J connectivity index is 1.75. The summed E-state index contributed by atoms with van der Waals surface area (Å²) < 4.78 is 6.96. The van der Waals surface area contributed by atoms with Crippen molar-refractivity contribution in [3.63, 3.8) is 0 Å². The van der Waals surface area contributed by atoms with E-state index in [2.05, 4.69) is 29.4 Å². The number of ether oxygens (including phenoxy) is 1. The maximum Gasteiger partial charge on any atom is 0.165 e. The lowest BCUT2D eigenvalue weighted by molar-refractivity contribution is 0.411. The average Bonchev–Trinajstić information content (AvgIpc) is 3.29. The van der Waals surface area contributed by atoms with Gasteiger partial charge < -0.3 is 10.5 Å². The van der Waals surface area contributed by atoms with Gasteiger partial charge >= 0.3 is 0 Å². The molecule has 0 saturated carbocycles. The summed E-state index contributed by atoms with van der Waals surface area (Å²) in [4.78, 5) is 4.71. The van der Waals surface area contributed by atoms with Crippen molar-refractivity contribution in [2.45, 2.75) is 6.92 Å². The number of methoxy groups -OCH3 is 1. The van der Waals surface area contributed by atoms with Crippen LogP contribution in [0.5, 0.6) is 5.75 Å². The molecule has 130 valence electrons. The van der Waals surface area contributed by atoms with Crippen LogP contribution in [0.15, 0.2) is 53.9 Å². The van der Waals surface area contributed by atoms with Crippen molar-refractivity contribution in [3.8, 4) is 33.4 Å². The summed E-state index contributed by atoms with van der Waals surface area (Å²) in [6.45, 7) is 2.07. The van der Waals surface area contributed by atoms with Gasteiger partial charge in [-0.15, -0.1) is 16.4 Å². The summed E-state index contributed by atoms with van der Waals surface area (Å²) in [6.07, 6.45) is 0. The van der Waals surface area contributed by atoms with E-state index in [0.29, 0.717) is 17.3 Å². The lowest BCUT2D eigenvalue weighted by atomic mass is 10.1. The van der Waals surface area contributed by atoms with Crippen LogP contribution in [-0.2, 0) is 0 Å². The van der Waals surface area contributed by atoms with Gasteiger partial charge in [0, 0.05) is 10.9 Å². The molecule has 2 aromatic carbocycles. The van der Waals surface area contributed by atoms with Crippen molar-refractivity contribution < 1.29 is 4.74 Å². The molecule has 0 spiro atoms. The molecule has 4 aromatic rings. The number of thiazole rings is 1. The van der Waals surface area contributed by atoms with Crippen molar-refractivity contribution in [1.82, 2.24) is 20.0 Å². The van der Waals surface area contributed by atoms with Crippen molar-refractivity contribution in [3.05, 3.63) is 59.5 Å². The van der Waals surface area contributed by atoms with Gasteiger partial charge in [-0.3, -0.25) is 0 Å². The summed E-state index contributed by atoms with van der Waals surface area (Å²) in [5.74, 6) is 1.11. The molecule has 0 aliphatic carbocycles. The molecule has 0 bridgehead atoms. The second-order valence-electron chi connectivity index (χ2n) is 5.76. The zero-order valence-electron chi connectivity index (χ0n) is 14.4. The summed E-state index contributed by atoms with van der Waals surface area (Å²) >= 11 is 1.50. The molecule has 0 amide bonds. The van der Waals surface area contributed by atoms with E-state index in [1.165, 1.54) is 16.9 Å². The molecule has 0 saturated heterocycles. The molecule has 2 N–H and O–H groups in total. The Bertz CT molecular complexity index is 1070. The number of nitrogens with two attached hydrogens (primary N) is 1. The summed E-state index contributed by atoms with van der Waals surface area (Å²) in [5.41, 5.74) is 10.8. The zero-order valence-corrected chi connectivity index (χ0v) is 15.2. The standard InChI is InChI=1S/C19H17N5OS/c1-12-7-3-4-8-13(12)14-11-26-19(21-14)17-18(20)24(23-22-17)15-9-5-6-10-16(15)25-2/h3-11H,20H2,1-2H3. The van der Waals surface area contributed by atoms with Gasteiger partial charge in [0.15, 0.2) is 11.5 Å². The number of aryl methyl sites for hydroxylation is 1. The average molecular weight is 363 g/mol. The number of rotatable bonds is 4. The first kappa shape index (κ1) is 16.3. The van der Waals surface area contributed by atoms with Crippen molar-refractivity contribution in [1.29, 1.82) is 0 Å². The Morgan fingerprint density at radius 1 is 1.08 bits per heavy atom. The van der Waals surface area contributed by atoms with Crippen LogP contribution in [0, 0.1) is 6.92 Å². The van der Waals surface area contributed by atoms with E-state index < -0.39 is 0 Å². The molecule has 0 unspecified atom stereocenters. The van der Waals surface area contributed by atoms with Crippen LogP contribution in [0.2, 0.25) is 0 Å². The van der Waals surface area contributed by atoms with E-state index in [-0.39, 0.29) is 0 Å². The molecule has 0 aliphatic heterocycles. The first-order valence-electron chi connectivity index (χ1n) is 8.05. The lowest BCUT2D eigenvalue weighted by Gasteiger charge is -2.08. The topological polar surface area (TPSA) is 78.8 Å².